The molecule has 0 saturated heterocycles. The number of nitrogens with zero attached hydrogens (tertiary/aromatic N) is 1. The van der Waals surface area contributed by atoms with E-state index in [2.05, 4.69) is 15.6 Å². The van der Waals surface area contributed by atoms with Crippen LogP contribution in [0.3, 0.4) is 0 Å². The van der Waals surface area contributed by atoms with Crippen LogP contribution in [0.1, 0.15) is 17.4 Å². The lowest BCUT2D eigenvalue weighted by molar-refractivity contribution is -0.114. The molecule has 2 aromatic carbocycles. The van der Waals surface area contributed by atoms with Gasteiger partial charge >= 0.3 is 0 Å². The molecule has 2 N–H and O–H groups in total. The topological polar surface area (TPSA) is 71.1 Å². The van der Waals surface area contributed by atoms with Crippen LogP contribution in [0.5, 0.6) is 0 Å². The Balaban J connectivity index is 1.77. The van der Waals surface area contributed by atoms with Gasteiger partial charge in [-0.25, -0.2) is 9.37 Å². The van der Waals surface area contributed by atoms with Gasteiger partial charge in [-0.15, -0.1) is 11.3 Å². The van der Waals surface area contributed by atoms with Gasteiger partial charge in [-0.1, -0.05) is 30.3 Å². The Morgan fingerprint density at radius 2 is 1.84 bits per heavy atom. The van der Waals surface area contributed by atoms with Crippen molar-refractivity contribution in [2.75, 3.05) is 10.6 Å². The molecule has 0 saturated carbocycles. The maximum atomic E-state index is 13.6. The zero-order valence-electron chi connectivity index (χ0n) is 13.2. The van der Waals surface area contributed by atoms with Crippen molar-refractivity contribution in [1.29, 1.82) is 0 Å². The SMILES string of the molecule is CC(=O)Nc1cc(NC(=O)c2csc(-c3ccccc3)n2)ccc1F. The molecule has 0 aliphatic heterocycles. The monoisotopic (exact) mass is 355 g/mol. The summed E-state index contributed by atoms with van der Waals surface area (Å²) in [7, 11) is 0. The molecule has 126 valence electrons. The molecule has 1 aromatic heterocycles. The third kappa shape index (κ3) is 4.07. The van der Waals surface area contributed by atoms with E-state index in [9.17, 15) is 14.0 Å². The molecule has 3 rings (SSSR count). The first-order valence-corrected chi connectivity index (χ1v) is 8.30. The molecule has 0 unspecified atom stereocenters. The molecule has 0 aliphatic carbocycles. The lowest BCUT2D eigenvalue weighted by Gasteiger charge is -2.08. The van der Waals surface area contributed by atoms with Crippen molar-refractivity contribution in [3.63, 3.8) is 0 Å². The Hall–Kier alpha value is -3.06. The van der Waals surface area contributed by atoms with Gasteiger partial charge < -0.3 is 10.6 Å². The number of carbonyl (C=O) groups excluding carboxylic acids is 2. The van der Waals surface area contributed by atoms with E-state index in [1.165, 1.54) is 36.5 Å². The normalized spacial score (nSPS) is 10.3. The second-order valence-electron chi connectivity index (χ2n) is 5.23. The van der Waals surface area contributed by atoms with Crippen LogP contribution in [0, 0.1) is 5.82 Å². The van der Waals surface area contributed by atoms with Gasteiger partial charge in [0.25, 0.3) is 5.91 Å². The Labute approximate surface area is 147 Å². The summed E-state index contributed by atoms with van der Waals surface area (Å²) in [5, 5.41) is 7.43. The Kier molecular flexibility index (Phi) is 4.85. The summed E-state index contributed by atoms with van der Waals surface area (Å²) in [5.41, 5.74) is 1.58. The number of amides is 2. The van der Waals surface area contributed by atoms with E-state index in [0.29, 0.717) is 5.69 Å². The Bertz CT molecular complexity index is 925. The molecule has 2 amide bonds. The molecule has 0 spiro atoms. The largest absolute Gasteiger partial charge is 0.324 e. The van der Waals surface area contributed by atoms with E-state index in [1.807, 2.05) is 30.3 Å². The van der Waals surface area contributed by atoms with E-state index in [0.717, 1.165) is 10.6 Å². The second kappa shape index (κ2) is 7.23. The summed E-state index contributed by atoms with van der Waals surface area (Å²) < 4.78 is 13.6. The standard InChI is InChI=1S/C18H14FN3O2S/c1-11(23)20-15-9-13(7-8-14(15)19)21-17(24)16-10-25-18(22-16)12-5-3-2-4-6-12/h2-10H,1H3,(H,20,23)(H,21,24). The van der Waals surface area contributed by atoms with Crippen LogP contribution < -0.4 is 10.6 Å². The maximum absolute atomic E-state index is 13.6. The highest BCUT2D eigenvalue weighted by Crippen LogP contribution is 2.24. The van der Waals surface area contributed by atoms with Crippen LogP contribution in [-0.4, -0.2) is 16.8 Å². The fourth-order valence-corrected chi connectivity index (χ4v) is 2.98. The number of nitrogens with one attached hydrogen (secondary N) is 2. The summed E-state index contributed by atoms with van der Waals surface area (Å²) in [6, 6.07) is 13.5. The maximum Gasteiger partial charge on any atom is 0.275 e. The number of carbonyl (C=O) groups is 2. The highest BCUT2D eigenvalue weighted by Gasteiger charge is 2.13. The number of rotatable bonds is 4. The summed E-state index contributed by atoms with van der Waals surface area (Å²) in [4.78, 5) is 27.7. The highest BCUT2D eigenvalue weighted by molar-refractivity contribution is 7.13. The Morgan fingerprint density at radius 1 is 1.08 bits per heavy atom. The molecule has 5 nitrogen and oxygen atoms in total. The molecule has 25 heavy (non-hydrogen) atoms. The van der Waals surface area contributed by atoms with E-state index < -0.39 is 17.6 Å². The summed E-state index contributed by atoms with van der Waals surface area (Å²) in [6.45, 7) is 1.28. The third-order valence-corrected chi connectivity index (χ3v) is 4.18. The number of thiazole rings is 1. The predicted octanol–water partition coefficient (Wildman–Crippen LogP) is 4.16. The third-order valence-electron chi connectivity index (χ3n) is 3.29. The van der Waals surface area contributed by atoms with E-state index in [1.54, 1.807) is 5.38 Å². The van der Waals surface area contributed by atoms with Crippen molar-refractivity contribution in [2.24, 2.45) is 0 Å². The zero-order chi connectivity index (χ0) is 17.8. The van der Waals surface area contributed by atoms with Gasteiger partial charge in [0.05, 0.1) is 5.69 Å². The van der Waals surface area contributed by atoms with Crippen LogP contribution in [0.15, 0.2) is 53.9 Å². The first kappa shape index (κ1) is 16.8. The fourth-order valence-electron chi connectivity index (χ4n) is 2.17. The quantitative estimate of drug-likeness (QED) is 0.738. The molecule has 0 aliphatic rings. The summed E-state index contributed by atoms with van der Waals surface area (Å²) >= 11 is 1.37. The van der Waals surface area contributed by atoms with Crippen molar-refractivity contribution in [2.45, 2.75) is 6.92 Å². The predicted molar refractivity (Wildman–Crippen MR) is 96.2 cm³/mol. The average molecular weight is 355 g/mol. The van der Waals surface area contributed by atoms with Crippen molar-refractivity contribution < 1.29 is 14.0 Å². The minimum atomic E-state index is -0.576. The van der Waals surface area contributed by atoms with E-state index in [-0.39, 0.29) is 11.4 Å². The number of benzene rings is 2. The van der Waals surface area contributed by atoms with Gasteiger partial charge in [-0.3, -0.25) is 9.59 Å². The zero-order valence-corrected chi connectivity index (χ0v) is 14.1. The van der Waals surface area contributed by atoms with Crippen LogP contribution in [0.2, 0.25) is 0 Å². The van der Waals surface area contributed by atoms with Crippen molar-refractivity contribution >= 4 is 34.5 Å². The Morgan fingerprint density at radius 3 is 2.56 bits per heavy atom. The van der Waals surface area contributed by atoms with E-state index >= 15 is 0 Å². The smallest absolute Gasteiger partial charge is 0.275 e. The number of halogens is 1. The highest BCUT2D eigenvalue weighted by atomic mass is 32.1. The second-order valence-corrected chi connectivity index (χ2v) is 6.09. The van der Waals surface area contributed by atoms with Crippen LogP contribution in [-0.2, 0) is 4.79 Å². The van der Waals surface area contributed by atoms with Gasteiger partial charge in [0, 0.05) is 23.6 Å². The first-order valence-electron chi connectivity index (χ1n) is 7.42. The molecular formula is C18H14FN3O2S. The van der Waals surface area contributed by atoms with Crippen LogP contribution >= 0.6 is 11.3 Å². The summed E-state index contributed by atoms with van der Waals surface area (Å²) in [5.74, 6) is -1.37. The number of aromatic nitrogens is 1. The molecule has 0 atom stereocenters. The molecule has 0 radical (unpaired) electrons. The molecule has 1 heterocycles. The number of hydrogen-bond acceptors (Lipinski definition) is 4. The molecular weight excluding hydrogens is 341 g/mol. The van der Waals surface area contributed by atoms with Gasteiger partial charge in [-0.05, 0) is 18.2 Å². The lowest BCUT2D eigenvalue weighted by atomic mass is 10.2. The van der Waals surface area contributed by atoms with Crippen molar-refractivity contribution in [3.8, 4) is 10.6 Å². The molecule has 3 aromatic rings. The minimum Gasteiger partial charge on any atom is -0.324 e. The van der Waals surface area contributed by atoms with Crippen LogP contribution in [0.4, 0.5) is 15.8 Å². The minimum absolute atomic E-state index is 0.00792. The molecule has 0 fully saturated rings. The number of anilines is 2. The summed E-state index contributed by atoms with van der Waals surface area (Å²) in [6.07, 6.45) is 0. The van der Waals surface area contributed by atoms with Gasteiger partial charge in [0.15, 0.2) is 0 Å². The average Bonchev–Trinajstić information content (AvgIpc) is 3.08. The van der Waals surface area contributed by atoms with Gasteiger partial charge in [0.1, 0.15) is 16.5 Å². The van der Waals surface area contributed by atoms with Crippen molar-refractivity contribution in [3.05, 3.63) is 65.4 Å². The van der Waals surface area contributed by atoms with Crippen molar-refractivity contribution in [1.82, 2.24) is 4.98 Å². The first-order chi connectivity index (χ1) is 12.0. The van der Waals surface area contributed by atoms with Gasteiger partial charge in [0.2, 0.25) is 5.91 Å². The van der Waals surface area contributed by atoms with E-state index in [4.69, 9.17) is 0 Å². The molecule has 7 heteroatoms. The lowest BCUT2D eigenvalue weighted by Crippen LogP contribution is -2.13. The number of hydrogen-bond donors (Lipinski definition) is 2. The molecule has 0 bridgehead atoms. The van der Waals surface area contributed by atoms with Gasteiger partial charge in [-0.2, -0.15) is 0 Å². The van der Waals surface area contributed by atoms with Crippen LogP contribution in [0.25, 0.3) is 10.6 Å². The fraction of sp³-hybridized carbons (Fsp3) is 0.0556.